The maximum atomic E-state index is 13.9. The Balaban J connectivity index is 1.63. The van der Waals surface area contributed by atoms with Crippen LogP contribution in [0.2, 0.25) is 0 Å². The van der Waals surface area contributed by atoms with E-state index in [-0.39, 0.29) is 11.9 Å². The van der Waals surface area contributed by atoms with Crippen LogP contribution in [0.25, 0.3) is 0 Å². The maximum Gasteiger partial charge on any atom is 0.146 e. The molecule has 0 amide bonds. The predicted molar refractivity (Wildman–Crippen MR) is 84.9 cm³/mol. The molecular weight excluding hydrogens is 282 g/mol. The maximum absolute atomic E-state index is 13.9. The van der Waals surface area contributed by atoms with E-state index in [1.807, 2.05) is 23.1 Å². The van der Waals surface area contributed by atoms with Gasteiger partial charge in [0.05, 0.1) is 5.69 Å². The fourth-order valence-corrected chi connectivity index (χ4v) is 2.95. The molecule has 116 valence electrons. The van der Waals surface area contributed by atoms with Crippen molar-refractivity contribution in [2.75, 3.05) is 18.0 Å². The van der Waals surface area contributed by atoms with Gasteiger partial charge in [-0.1, -0.05) is 30.3 Å². The van der Waals surface area contributed by atoms with Gasteiger partial charge in [-0.15, -0.1) is 0 Å². The molecule has 1 N–H and O–H groups in total. The minimum atomic E-state index is -0.393. The highest BCUT2D eigenvalue weighted by atomic mass is 19.1. The van der Waals surface area contributed by atoms with Gasteiger partial charge in [-0.2, -0.15) is 0 Å². The minimum absolute atomic E-state index is 0.289. The molecule has 1 atom stereocenters. The normalized spacial score (nSPS) is 18.5. The van der Waals surface area contributed by atoms with E-state index in [0.717, 1.165) is 32.0 Å². The number of anilines is 1. The average Bonchev–Trinajstić information content (AvgIpc) is 2.56. The fraction of sp³-hybridized carbons (Fsp3) is 0.333. The van der Waals surface area contributed by atoms with Crippen molar-refractivity contribution < 1.29 is 8.78 Å². The fourth-order valence-electron chi connectivity index (χ4n) is 2.95. The molecule has 0 saturated carbocycles. The van der Waals surface area contributed by atoms with Gasteiger partial charge in [-0.25, -0.2) is 8.78 Å². The molecule has 2 aromatic carbocycles. The standard InChI is InChI=1S/C18H20F2N2/c19-15-8-9-17(20)18(11-15)22-10-4-7-16(13-22)21-12-14-5-2-1-3-6-14/h1-3,5-6,8-9,11,16,21H,4,7,10,12-13H2. The van der Waals surface area contributed by atoms with E-state index in [9.17, 15) is 8.78 Å². The first kappa shape index (κ1) is 15.0. The van der Waals surface area contributed by atoms with Gasteiger partial charge in [0.15, 0.2) is 0 Å². The summed E-state index contributed by atoms with van der Waals surface area (Å²) < 4.78 is 27.3. The highest BCUT2D eigenvalue weighted by molar-refractivity contribution is 5.48. The predicted octanol–water partition coefficient (Wildman–Crippen LogP) is 3.72. The van der Waals surface area contributed by atoms with E-state index in [1.165, 1.54) is 17.7 Å². The zero-order chi connectivity index (χ0) is 15.4. The number of hydrogen-bond acceptors (Lipinski definition) is 2. The van der Waals surface area contributed by atoms with Crippen molar-refractivity contribution >= 4 is 5.69 Å². The molecular formula is C18H20F2N2. The van der Waals surface area contributed by atoms with Gasteiger partial charge in [-0.3, -0.25) is 0 Å². The zero-order valence-corrected chi connectivity index (χ0v) is 12.4. The minimum Gasteiger partial charge on any atom is -0.368 e. The summed E-state index contributed by atoms with van der Waals surface area (Å²) in [4.78, 5) is 1.94. The number of benzene rings is 2. The lowest BCUT2D eigenvalue weighted by Gasteiger charge is -2.35. The van der Waals surface area contributed by atoms with Crippen molar-refractivity contribution in [3.05, 3.63) is 65.7 Å². The van der Waals surface area contributed by atoms with E-state index in [4.69, 9.17) is 0 Å². The Hall–Kier alpha value is -1.94. The van der Waals surface area contributed by atoms with Gasteiger partial charge in [0.2, 0.25) is 0 Å². The number of nitrogens with zero attached hydrogens (tertiary/aromatic N) is 1. The van der Waals surface area contributed by atoms with E-state index >= 15 is 0 Å². The summed E-state index contributed by atoms with van der Waals surface area (Å²) >= 11 is 0. The third-order valence-corrected chi connectivity index (χ3v) is 4.11. The molecule has 1 aliphatic heterocycles. The van der Waals surface area contributed by atoms with Gasteiger partial charge < -0.3 is 10.2 Å². The summed E-state index contributed by atoms with van der Waals surface area (Å²) in [5.41, 5.74) is 1.60. The zero-order valence-electron chi connectivity index (χ0n) is 12.4. The lowest BCUT2D eigenvalue weighted by Crippen LogP contribution is -2.45. The first-order valence-electron chi connectivity index (χ1n) is 7.70. The molecule has 2 aromatic rings. The van der Waals surface area contributed by atoms with Crippen LogP contribution in [0, 0.1) is 11.6 Å². The van der Waals surface area contributed by atoms with Crippen LogP contribution in [-0.2, 0) is 6.54 Å². The topological polar surface area (TPSA) is 15.3 Å². The Morgan fingerprint density at radius 2 is 1.91 bits per heavy atom. The van der Waals surface area contributed by atoms with Crippen LogP contribution < -0.4 is 10.2 Å². The molecule has 1 heterocycles. The number of rotatable bonds is 4. The molecule has 1 aliphatic rings. The Labute approximate surface area is 129 Å². The van der Waals surface area contributed by atoms with E-state index in [1.54, 1.807) is 0 Å². The van der Waals surface area contributed by atoms with Crippen molar-refractivity contribution in [2.45, 2.75) is 25.4 Å². The first-order chi connectivity index (χ1) is 10.7. The first-order valence-corrected chi connectivity index (χ1v) is 7.70. The van der Waals surface area contributed by atoms with Crippen molar-refractivity contribution in [3.63, 3.8) is 0 Å². The van der Waals surface area contributed by atoms with Gasteiger partial charge in [0.25, 0.3) is 0 Å². The van der Waals surface area contributed by atoms with Gasteiger partial charge in [-0.05, 0) is 30.5 Å². The molecule has 2 nitrogen and oxygen atoms in total. The summed E-state index contributed by atoms with van der Waals surface area (Å²) in [6.45, 7) is 2.27. The smallest absolute Gasteiger partial charge is 0.146 e. The van der Waals surface area contributed by atoms with Crippen LogP contribution in [0.15, 0.2) is 48.5 Å². The lowest BCUT2D eigenvalue weighted by molar-refractivity contribution is 0.418. The molecule has 3 rings (SSSR count). The van der Waals surface area contributed by atoms with Crippen molar-refractivity contribution in [1.29, 1.82) is 0 Å². The third kappa shape index (κ3) is 3.63. The molecule has 22 heavy (non-hydrogen) atoms. The van der Waals surface area contributed by atoms with Crippen molar-refractivity contribution in [1.82, 2.24) is 5.32 Å². The second-order valence-electron chi connectivity index (χ2n) is 5.75. The summed E-state index contributed by atoms with van der Waals surface area (Å²) in [7, 11) is 0. The van der Waals surface area contributed by atoms with Crippen LogP contribution in [0.1, 0.15) is 18.4 Å². The van der Waals surface area contributed by atoms with Crippen LogP contribution in [0.5, 0.6) is 0 Å². The highest BCUT2D eigenvalue weighted by Gasteiger charge is 2.22. The Morgan fingerprint density at radius 3 is 2.73 bits per heavy atom. The van der Waals surface area contributed by atoms with Crippen LogP contribution in [0.4, 0.5) is 14.5 Å². The van der Waals surface area contributed by atoms with Crippen molar-refractivity contribution in [2.24, 2.45) is 0 Å². The average molecular weight is 302 g/mol. The van der Waals surface area contributed by atoms with Gasteiger partial charge in [0, 0.05) is 31.7 Å². The lowest BCUT2D eigenvalue weighted by atomic mass is 10.0. The quantitative estimate of drug-likeness (QED) is 0.926. The van der Waals surface area contributed by atoms with Crippen LogP contribution in [-0.4, -0.2) is 19.1 Å². The molecule has 1 saturated heterocycles. The molecule has 1 fully saturated rings. The van der Waals surface area contributed by atoms with Crippen LogP contribution >= 0.6 is 0 Å². The number of hydrogen-bond donors (Lipinski definition) is 1. The molecule has 0 spiro atoms. The summed E-state index contributed by atoms with van der Waals surface area (Å²) in [5, 5.41) is 3.51. The third-order valence-electron chi connectivity index (χ3n) is 4.11. The number of halogens is 2. The molecule has 0 radical (unpaired) electrons. The molecule has 1 unspecified atom stereocenters. The summed E-state index contributed by atoms with van der Waals surface area (Å²) in [6.07, 6.45) is 2.03. The van der Waals surface area contributed by atoms with Gasteiger partial charge in [0.1, 0.15) is 11.6 Å². The van der Waals surface area contributed by atoms with Crippen LogP contribution in [0.3, 0.4) is 0 Å². The van der Waals surface area contributed by atoms with E-state index < -0.39 is 5.82 Å². The Morgan fingerprint density at radius 1 is 1.09 bits per heavy atom. The van der Waals surface area contributed by atoms with Crippen molar-refractivity contribution in [3.8, 4) is 0 Å². The molecule has 0 aromatic heterocycles. The largest absolute Gasteiger partial charge is 0.368 e. The summed E-state index contributed by atoms with van der Waals surface area (Å²) in [6, 6.07) is 14.1. The SMILES string of the molecule is Fc1ccc(F)c(N2CCCC(NCc3ccccc3)C2)c1. The highest BCUT2D eigenvalue weighted by Crippen LogP contribution is 2.24. The van der Waals surface area contributed by atoms with E-state index in [2.05, 4.69) is 17.4 Å². The Kier molecular flexibility index (Phi) is 4.68. The second kappa shape index (κ2) is 6.88. The molecule has 0 bridgehead atoms. The molecule has 0 aliphatic carbocycles. The molecule has 4 heteroatoms. The summed E-state index contributed by atoms with van der Waals surface area (Å²) in [5.74, 6) is -0.749. The van der Waals surface area contributed by atoms with Gasteiger partial charge >= 0.3 is 0 Å². The monoisotopic (exact) mass is 302 g/mol. The number of piperidine rings is 1. The Bertz CT molecular complexity index is 616. The number of nitrogens with one attached hydrogen (secondary N) is 1. The van der Waals surface area contributed by atoms with E-state index in [0.29, 0.717) is 12.2 Å². The second-order valence-corrected chi connectivity index (χ2v) is 5.75.